The second kappa shape index (κ2) is 10.2. The van der Waals surface area contributed by atoms with E-state index in [1.54, 1.807) is 0 Å². The molecule has 9 nitrogen and oxygen atoms in total. The van der Waals surface area contributed by atoms with Gasteiger partial charge in [-0.25, -0.2) is 13.6 Å². The molecule has 0 saturated heterocycles. The Bertz CT molecular complexity index is 979. The zero-order valence-corrected chi connectivity index (χ0v) is 18.2. The van der Waals surface area contributed by atoms with Crippen LogP contribution in [0, 0.1) is 0 Å². The average Bonchev–Trinajstić information content (AvgIpc) is 2.69. The number of carbonyl (C=O) groups excluding carboxylic acids is 1. The van der Waals surface area contributed by atoms with Crippen LogP contribution in [0.15, 0.2) is 35.2 Å². The molecule has 0 bridgehead atoms. The molecule has 0 fully saturated rings. The fourth-order valence-electron chi connectivity index (χ4n) is 2.70. The Labute approximate surface area is 176 Å². The molecule has 0 aliphatic rings. The third-order valence-corrected chi connectivity index (χ3v) is 4.83. The second-order valence-corrected chi connectivity index (χ2v) is 7.50. The van der Waals surface area contributed by atoms with Gasteiger partial charge >= 0.3 is 0 Å². The summed E-state index contributed by atoms with van der Waals surface area (Å²) in [6.45, 7) is 6.59. The molecule has 2 aromatic carbocycles. The van der Waals surface area contributed by atoms with Crippen molar-refractivity contribution in [3.8, 4) is 23.0 Å². The highest BCUT2D eigenvalue weighted by Gasteiger charge is 2.20. The molecule has 30 heavy (non-hydrogen) atoms. The average molecular weight is 439 g/mol. The molecule has 10 heteroatoms. The molecular formula is C20H26N2O7S. The summed E-state index contributed by atoms with van der Waals surface area (Å²) < 4.78 is 45.5. The van der Waals surface area contributed by atoms with E-state index in [9.17, 15) is 13.2 Å². The fourth-order valence-corrected chi connectivity index (χ4v) is 3.42. The largest absolute Gasteiger partial charge is 0.495 e. The van der Waals surface area contributed by atoms with Crippen molar-refractivity contribution in [3.05, 3.63) is 35.9 Å². The molecule has 1 amide bonds. The highest BCUT2D eigenvalue weighted by Crippen LogP contribution is 2.39. The third-order valence-electron chi connectivity index (χ3n) is 3.90. The van der Waals surface area contributed by atoms with Crippen LogP contribution < -0.4 is 29.4 Å². The number of nitrogens with two attached hydrogens (primary N) is 1. The van der Waals surface area contributed by atoms with Gasteiger partial charge in [-0.3, -0.25) is 4.79 Å². The Balaban J connectivity index is 2.43. The third kappa shape index (κ3) is 5.55. The van der Waals surface area contributed by atoms with Gasteiger partial charge in [0.2, 0.25) is 15.8 Å². The Morgan fingerprint density at radius 3 is 1.97 bits per heavy atom. The second-order valence-electron chi connectivity index (χ2n) is 5.97. The van der Waals surface area contributed by atoms with Crippen molar-refractivity contribution >= 4 is 21.6 Å². The molecular weight excluding hydrogens is 412 g/mol. The zero-order chi connectivity index (χ0) is 22.3. The van der Waals surface area contributed by atoms with E-state index >= 15 is 0 Å². The van der Waals surface area contributed by atoms with Gasteiger partial charge in [0, 0.05) is 11.3 Å². The number of amides is 1. The number of methoxy groups -OCH3 is 1. The highest BCUT2D eigenvalue weighted by atomic mass is 32.2. The molecule has 0 heterocycles. The predicted molar refractivity (Wildman–Crippen MR) is 112 cm³/mol. The number of hydrogen-bond acceptors (Lipinski definition) is 7. The maximum atomic E-state index is 12.8. The van der Waals surface area contributed by atoms with E-state index in [-0.39, 0.29) is 21.9 Å². The Morgan fingerprint density at radius 1 is 0.933 bits per heavy atom. The normalized spacial score (nSPS) is 11.0. The number of carbonyl (C=O) groups is 1. The number of rotatable bonds is 10. The van der Waals surface area contributed by atoms with Gasteiger partial charge < -0.3 is 24.3 Å². The molecule has 164 valence electrons. The monoisotopic (exact) mass is 438 g/mol. The van der Waals surface area contributed by atoms with Gasteiger partial charge in [0.25, 0.3) is 5.91 Å². The first kappa shape index (κ1) is 23.3. The summed E-state index contributed by atoms with van der Waals surface area (Å²) >= 11 is 0. The van der Waals surface area contributed by atoms with Crippen LogP contribution in [0.1, 0.15) is 31.1 Å². The number of nitrogens with one attached hydrogen (secondary N) is 1. The fraction of sp³-hybridized carbons (Fsp3) is 0.350. The van der Waals surface area contributed by atoms with Gasteiger partial charge in [-0.1, -0.05) is 0 Å². The lowest BCUT2D eigenvalue weighted by Gasteiger charge is -2.17. The number of ether oxygens (including phenoxy) is 4. The number of sulfonamides is 1. The van der Waals surface area contributed by atoms with Crippen molar-refractivity contribution in [1.29, 1.82) is 0 Å². The minimum absolute atomic E-state index is 0.0776. The highest BCUT2D eigenvalue weighted by molar-refractivity contribution is 7.89. The van der Waals surface area contributed by atoms with Crippen LogP contribution >= 0.6 is 0 Å². The van der Waals surface area contributed by atoms with Crippen LogP contribution in [0.5, 0.6) is 23.0 Å². The molecule has 2 rings (SSSR count). The van der Waals surface area contributed by atoms with Crippen molar-refractivity contribution in [2.75, 3.05) is 32.2 Å². The lowest BCUT2D eigenvalue weighted by atomic mass is 10.1. The van der Waals surface area contributed by atoms with Crippen LogP contribution in [-0.4, -0.2) is 41.3 Å². The standard InChI is InChI=1S/C20H26N2O7S/c1-5-27-16-10-13(11-17(28-6-2)19(16)29-7-3)20(23)22-14-8-9-15(26-4)18(12-14)30(21,24)25/h8-12H,5-7H2,1-4H3,(H,22,23)(H2,21,24,25). The molecule has 0 aliphatic heterocycles. The summed E-state index contributed by atoms with van der Waals surface area (Å²) in [5, 5.41) is 7.87. The van der Waals surface area contributed by atoms with Crippen molar-refractivity contribution in [2.24, 2.45) is 5.14 Å². The maximum absolute atomic E-state index is 12.8. The van der Waals surface area contributed by atoms with Crippen molar-refractivity contribution in [1.82, 2.24) is 0 Å². The van der Waals surface area contributed by atoms with Gasteiger partial charge in [0.1, 0.15) is 10.6 Å². The minimum atomic E-state index is -4.04. The van der Waals surface area contributed by atoms with Crippen LogP contribution in [0.2, 0.25) is 0 Å². The van der Waals surface area contributed by atoms with Crippen LogP contribution in [0.3, 0.4) is 0 Å². The summed E-state index contributed by atoms with van der Waals surface area (Å²) in [5.41, 5.74) is 0.480. The lowest BCUT2D eigenvalue weighted by Crippen LogP contribution is -2.16. The SMILES string of the molecule is CCOc1cc(C(=O)Nc2ccc(OC)c(S(N)(=O)=O)c2)cc(OCC)c1OCC. The Morgan fingerprint density at radius 2 is 1.50 bits per heavy atom. The first-order chi connectivity index (χ1) is 14.2. The van der Waals surface area contributed by atoms with E-state index in [0.29, 0.717) is 37.1 Å². The number of benzene rings is 2. The zero-order valence-electron chi connectivity index (χ0n) is 17.4. The van der Waals surface area contributed by atoms with E-state index in [1.807, 2.05) is 20.8 Å². The summed E-state index contributed by atoms with van der Waals surface area (Å²) in [6, 6.07) is 7.22. The molecule has 0 aromatic heterocycles. The Kier molecular flexibility index (Phi) is 7.90. The first-order valence-electron chi connectivity index (χ1n) is 9.33. The van der Waals surface area contributed by atoms with E-state index in [2.05, 4.69) is 5.32 Å². The van der Waals surface area contributed by atoms with Crippen molar-refractivity contribution in [2.45, 2.75) is 25.7 Å². The predicted octanol–water partition coefficient (Wildman–Crippen LogP) is 2.79. The maximum Gasteiger partial charge on any atom is 0.255 e. The quantitative estimate of drug-likeness (QED) is 0.584. The Hall–Kier alpha value is -2.98. The summed E-state index contributed by atoms with van der Waals surface area (Å²) in [6.07, 6.45) is 0. The van der Waals surface area contributed by atoms with Crippen LogP contribution in [0.4, 0.5) is 5.69 Å². The van der Waals surface area contributed by atoms with Gasteiger partial charge in [-0.15, -0.1) is 0 Å². The number of primary sulfonamides is 1. The van der Waals surface area contributed by atoms with E-state index in [0.717, 1.165) is 0 Å². The topological polar surface area (TPSA) is 126 Å². The van der Waals surface area contributed by atoms with Crippen molar-refractivity contribution in [3.63, 3.8) is 0 Å². The van der Waals surface area contributed by atoms with Gasteiger partial charge in [0.15, 0.2) is 11.5 Å². The molecule has 3 N–H and O–H groups in total. The van der Waals surface area contributed by atoms with Gasteiger partial charge in [0.05, 0.1) is 26.9 Å². The lowest BCUT2D eigenvalue weighted by molar-refractivity contribution is 0.102. The molecule has 0 saturated carbocycles. The molecule has 0 unspecified atom stereocenters. The van der Waals surface area contributed by atoms with Gasteiger partial charge in [-0.05, 0) is 51.1 Å². The van der Waals surface area contributed by atoms with E-state index in [4.69, 9.17) is 24.1 Å². The van der Waals surface area contributed by atoms with Crippen molar-refractivity contribution < 1.29 is 32.2 Å². The smallest absolute Gasteiger partial charge is 0.255 e. The number of hydrogen-bond donors (Lipinski definition) is 2. The summed E-state index contributed by atoms with van der Waals surface area (Å²) in [5.74, 6) is 0.740. The summed E-state index contributed by atoms with van der Waals surface area (Å²) in [7, 11) is -2.72. The summed E-state index contributed by atoms with van der Waals surface area (Å²) in [4.78, 5) is 12.6. The molecule has 0 radical (unpaired) electrons. The minimum Gasteiger partial charge on any atom is -0.495 e. The molecule has 0 aliphatic carbocycles. The van der Waals surface area contributed by atoms with Gasteiger partial charge in [-0.2, -0.15) is 0 Å². The first-order valence-corrected chi connectivity index (χ1v) is 10.9. The van der Waals surface area contributed by atoms with Crippen LogP contribution in [-0.2, 0) is 10.0 Å². The number of anilines is 1. The molecule has 0 spiro atoms. The van der Waals surface area contributed by atoms with E-state index in [1.165, 1.54) is 37.4 Å². The molecule has 2 aromatic rings. The van der Waals surface area contributed by atoms with Crippen LogP contribution in [0.25, 0.3) is 0 Å². The molecule has 0 atom stereocenters. The van der Waals surface area contributed by atoms with E-state index < -0.39 is 15.9 Å².